The van der Waals surface area contributed by atoms with Gasteiger partial charge in [-0.15, -0.1) is 0 Å². The number of allylic oxidation sites excluding steroid dienone is 2. The molecule has 0 amide bonds. The van der Waals surface area contributed by atoms with Crippen LogP contribution in [0.4, 0.5) is 0 Å². The Labute approximate surface area is 121 Å². The zero-order valence-corrected chi connectivity index (χ0v) is 15.7. The van der Waals surface area contributed by atoms with Crippen LogP contribution >= 0.6 is 0 Å². The van der Waals surface area contributed by atoms with Gasteiger partial charge in [0.25, 0.3) is 0 Å². The van der Waals surface area contributed by atoms with E-state index in [0.717, 1.165) is 24.4 Å². The van der Waals surface area contributed by atoms with E-state index in [1.807, 2.05) is 0 Å². The first-order valence-electron chi connectivity index (χ1n) is 7.43. The summed E-state index contributed by atoms with van der Waals surface area (Å²) in [4.78, 5) is 0. The maximum atomic E-state index is 6.31. The van der Waals surface area contributed by atoms with Gasteiger partial charge < -0.3 is 8.85 Å². The Bertz CT molecular complexity index is 371. The van der Waals surface area contributed by atoms with E-state index in [1.165, 1.54) is 18.4 Å². The first kappa shape index (κ1) is 16.6. The van der Waals surface area contributed by atoms with Crippen LogP contribution in [0, 0.1) is 0 Å². The molecule has 1 aliphatic rings. The van der Waals surface area contributed by atoms with Crippen molar-refractivity contribution in [1.82, 2.24) is 0 Å². The van der Waals surface area contributed by atoms with E-state index >= 15 is 0 Å². The van der Waals surface area contributed by atoms with Crippen LogP contribution in [0.2, 0.25) is 39.3 Å². The molecule has 1 rings (SSSR count). The van der Waals surface area contributed by atoms with Crippen molar-refractivity contribution in [3.8, 4) is 0 Å². The summed E-state index contributed by atoms with van der Waals surface area (Å²) in [5, 5.41) is 0. The summed E-state index contributed by atoms with van der Waals surface area (Å²) in [5.41, 5.74) is 1.37. The molecule has 0 saturated heterocycles. The van der Waals surface area contributed by atoms with Gasteiger partial charge in [-0.2, -0.15) is 0 Å². The molecule has 0 unspecified atom stereocenters. The van der Waals surface area contributed by atoms with E-state index in [9.17, 15) is 0 Å². The Hall–Kier alpha value is -0.486. The lowest BCUT2D eigenvalue weighted by molar-refractivity contribution is 0.348. The van der Waals surface area contributed by atoms with Crippen LogP contribution in [-0.2, 0) is 8.85 Å². The van der Waals surface area contributed by atoms with Crippen LogP contribution in [0.3, 0.4) is 0 Å². The highest BCUT2D eigenvalue weighted by atomic mass is 28.4. The molecule has 0 bridgehead atoms. The fourth-order valence-corrected chi connectivity index (χ4v) is 3.82. The molecule has 0 aromatic heterocycles. The standard InChI is InChI=1S/C15H30O2Si2/c1-8-9-10-13-11-12-14(16-18(2,3)4)15(13)17-19(5,6)7/h11H,8-10,12H2,1-7H3. The summed E-state index contributed by atoms with van der Waals surface area (Å²) in [6.45, 7) is 15.6. The molecule has 1 aliphatic carbocycles. The second-order valence-corrected chi connectivity index (χ2v) is 16.1. The summed E-state index contributed by atoms with van der Waals surface area (Å²) in [6, 6.07) is 0. The SMILES string of the molecule is CCCCC1=CCC(O[Si](C)(C)C)=C1O[Si](C)(C)C. The predicted octanol–water partition coefficient (Wildman–Crippen LogP) is 5.42. The van der Waals surface area contributed by atoms with Gasteiger partial charge in [-0.05, 0) is 57.7 Å². The van der Waals surface area contributed by atoms with Crippen molar-refractivity contribution in [2.45, 2.75) is 71.9 Å². The topological polar surface area (TPSA) is 18.5 Å². The van der Waals surface area contributed by atoms with Gasteiger partial charge in [0.05, 0.1) is 0 Å². The Morgan fingerprint density at radius 2 is 1.58 bits per heavy atom. The first-order chi connectivity index (χ1) is 8.62. The highest BCUT2D eigenvalue weighted by Crippen LogP contribution is 2.34. The van der Waals surface area contributed by atoms with Crippen LogP contribution in [0.25, 0.3) is 0 Å². The van der Waals surface area contributed by atoms with E-state index in [1.54, 1.807) is 0 Å². The minimum atomic E-state index is -1.58. The predicted molar refractivity (Wildman–Crippen MR) is 88.1 cm³/mol. The average Bonchev–Trinajstić information content (AvgIpc) is 2.54. The second-order valence-electron chi connectivity index (χ2n) is 7.22. The van der Waals surface area contributed by atoms with Crippen LogP contribution in [-0.4, -0.2) is 16.6 Å². The highest BCUT2D eigenvalue weighted by Gasteiger charge is 2.29. The van der Waals surface area contributed by atoms with E-state index in [4.69, 9.17) is 8.85 Å². The smallest absolute Gasteiger partial charge is 0.242 e. The molecule has 0 heterocycles. The van der Waals surface area contributed by atoms with Crippen LogP contribution in [0.1, 0.15) is 32.6 Å². The Morgan fingerprint density at radius 1 is 1.00 bits per heavy atom. The maximum absolute atomic E-state index is 6.31. The third-order valence-corrected chi connectivity index (χ3v) is 4.39. The van der Waals surface area contributed by atoms with Gasteiger partial charge in [-0.25, -0.2) is 0 Å². The Kier molecular flexibility index (Phi) is 5.50. The third kappa shape index (κ3) is 6.00. The lowest BCUT2D eigenvalue weighted by atomic mass is 10.1. The minimum Gasteiger partial charge on any atom is -0.544 e. The second kappa shape index (κ2) is 6.31. The van der Waals surface area contributed by atoms with Crippen LogP contribution < -0.4 is 0 Å². The van der Waals surface area contributed by atoms with Crippen molar-refractivity contribution < 1.29 is 8.85 Å². The van der Waals surface area contributed by atoms with Crippen molar-refractivity contribution in [2.75, 3.05) is 0 Å². The zero-order valence-electron chi connectivity index (χ0n) is 13.7. The maximum Gasteiger partial charge on any atom is 0.242 e. The zero-order chi connectivity index (χ0) is 14.7. The normalized spacial score (nSPS) is 16.7. The van der Waals surface area contributed by atoms with Gasteiger partial charge >= 0.3 is 0 Å². The fourth-order valence-electron chi connectivity index (χ4n) is 2.05. The number of unbranched alkanes of at least 4 members (excludes halogenated alkanes) is 1. The molecule has 19 heavy (non-hydrogen) atoms. The minimum absolute atomic E-state index is 0.920. The Morgan fingerprint density at radius 3 is 2.05 bits per heavy atom. The molecule has 0 fully saturated rings. The Balaban J connectivity index is 2.90. The summed E-state index contributed by atoms with van der Waals surface area (Å²) >= 11 is 0. The number of hydrogen-bond donors (Lipinski definition) is 0. The van der Waals surface area contributed by atoms with Gasteiger partial charge in [-0.3, -0.25) is 0 Å². The van der Waals surface area contributed by atoms with E-state index in [2.05, 4.69) is 52.3 Å². The van der Waals surface area contributed by atoms with Crippen molar-refractivity contribution in [3.05, 3.63) is 23.2 Å². The van der Waals surface area contributed by atoms with Gasteiger partial charge in [-0.1, -0.05) is 19.4 Å². The quantitative estimate of drug-likeness (QED) is 0.584. The van der Waals surface area contributed by atoms with Crippen molar-refractivity contribution >= 4 is 16.6 Å². The van der Waals surface area contributed by atoms with Crippen molar-refractivity contribution in [1.29, 1.82) is 0 Å². The first-order valence-corrected chi connectivity index (χ1v) is 14.2. The van der Waals surface area contributed by atoms with E-state index in [0.29, 0.717) is 0 Å². The van der Waals surface area contributed by atoms with Gasteiger partial charge in [0.15, 0.2) is 0 Å². The molecular formula is C15H30O2Si2. The highest BCUT2D eigenvalue weighted by molar-refractivity contribution is 6.70. The summed E-state index contributed by atoms with van der Waals surface area (Å²) in [6.07, 6.45) is 6.80. The molecule has 2 nitrogen and oxygen atoms in total. The molecule has 0 aliphatic heterocycles. The molecule has 0 spiro atoms. The van der Waals surface area contributed by atoms with E-state index < -0.39 is 16.6 Å². The van der Waals surface area contributed by atoms with Crippen molar-refractivity contribution in [3.63, 3.8) is 0 Å². The van der Waals surface area contributed by atoms with Crippen molar-refractivity contribution in [2.24, 2.45) is 0 Å². The summed E-state index contributed by atoms with van der Waals surface area (Å²) in [7, 11) is -3.14. The molecule has 0 aromatic carbocycles. The molecule has 4 heteroatoms. The van der Waals surface area contributed by atoms with Crippen LogP contribution in [0.5, 0.6) is 0 Å². The largest absolute Gasteiger partial charge is 0.544 e. The summed E-state index contributed by atoms with van der Waals surface area (Å²) in [5.74, 6) is 2.17. The van der Waals surface area contributed by atoms with E-state index in [-0.39, 0.29) is 0 Å². The van der Waals surface area contributed by atoms with Gasteiger partial charge in [0, 0.05) is 6.42 Å². The summed E-state index contributed by atoms with van der Waals surface area (Å²) < 4.78 is 12.5. The lowest BCUT2D eigenvalue weighted by Crippen LogP contribution is -2.28. The fraction of sp³-hybridized carbons (Fsp3) is 0.733. The van der Waals surface area contributed by atoms with Gasteiger partial charge in [0.2, 0.25) is 16.6 Å². The number of hydrogen-bond acceptors (Lipinski definition) is 2. The average molecular weight is 299 g/mol. The molecule has 0 atom stereocenters. The third-order valence-electron chi connectivity index (χ3n) is 2.72. The monoisotopic (exact) mass is 298 g/mol. The molecule has 0 N–H and O–H groups in total. The van der Waals surface area contributed by atoms with Crippen LogP contribution in [0.15, 0.2) is 23.2 Å². The number of rotatable bonds is 7. The molecule has 0 aromatic rings. The molecule has 0 saturated carbocycles. The molecule has 0 radical (unpaired) electrons. The molecular weight excluding hydrogens is 268 g/mol. The lowest BCUT2D eigenvalue weighted by Gasteiger charge is -2.26. The van der Waals surface area contributed by atoms with Gasteiger partial charge in [0.1, 0.15) is 11.5 Å². The molecule has 110 valence electrons.